The summed E-state index contributed by atoms with van der Waals surface area (Å²) in [5.41, 5.74) is 0. The molecule has 0 atom stereocenters. The van der Waals surface area contributed by atoms with E-state index in [0.717, 1.165) is 19.3 Å². The van der Waals surface area contributed by atoms with E-state index in [2.05, 4.69) is 13.5 Å². The zero-order valence-electron chi connectivity index (χ0n) is 16.7. The molecule has 0 unspecified atom stereocenters. The van der Waals surface area contributed by atoms with Crippen molar-refractivity contribution in [1.82, 2.24) is 0 Å². The second-order valence-electron chi connectivity index (χ2n) is 6.26. The molecule has 26 heavy (non-hydrogen) atoms. The van der Waals surface area contributed by atoms with E-state index in [1.165, 1.54) is 77.0 Å². The van der Waals surface area contributed by atoms with E-state index >= 15 is 0 Å². The summed E-state index contributed by atoms with van der Waals surface area (Å²) >= 11 is -1.66. The average molecular weight is 524 g/mol. The van der Waals surface area contributed by atoms with E-state index in [4.69, 9.17) is 39.3 Å². The number of hydrogen-bond donors (Lipinski definition) is 2. The molecule has 0 aliphatic rings. The number of aliphatic hydroxyl groups excluding tert-OH is 2. The first-order valence-corrected chi connectivity index (χ1v) is 16.4. The van der Waals surface area contributed by atoms with Crippen molar-refractivity contribution in [2.45, 2.75) is 103 Å². The van der Waals surface area contributed by atoms with Crippen LogP contribution in [-0.2, 0) is 13.0 Å². The van der Waals surface area contributed by atoms with Crippen molar-refractivity contribution >= 4 is 29.1 Å². The van der Waals surface area contributed by atoms with E-state index < -0.39 is 13.0 Å². The van der Waals surface area contributed by atoms with Crippen LogP contribution in [0.25, 0.3) is 0 Å². The quantitative estimate of drug-likeness (QED) is 0.122. The molecule has 0 saturated heterocycles. The molecule has 0 aliphatic carbocycles. The fourth-order valence-corrected chi connectivity index (χ4v) is 2.35. The van der Waals surface area contributed by atoms with Crippen LogP contribution in [0, 0.1) is 0 Å². The number of hydrogen-bond acceptors (Lipinski definition) is 2. The third kappa shape index (κ3) is 49.9. The Hall–Kier alpha value is 1.15. The molecule has 0 aromatic heterocycles. The topological polar surface area (TPSA) is 40.5 Å². The average Bonchev–Trinajstić information content (AvgIpc) is 2.60. The fourth-order valence-electron chi connectivity index (χ4n) is 2.35. The van der Waals surface area contributed by atoms with Gasteiger partial charge >= 0.3 is 42.1 Å². The van der Waals surface area contributed by atoms with Gasteiger partial charge in [0.15, 0.2) is 0 Å². The number of unbranched alkanes of at least 4 members (excludes halogenated alkanes) is 13. The standard InChI is InChI=1S/C10H22O.C10H20O.3ClH.Rh/c2*1-2-3-4-5-6-7-8-9-10-11;;;;/h11H,2-10H2,1H3;2,11H,1,3-10H2;3*1H;/q;;;;;+3/p-3. The summed E-state index contributed by atoms with van der Waals surface area (Å²) in [5, 5.41) is 17.0. The van der Waals surface area contributed by atoms with Crippen molar-refractivity contribution in [3.05, 3.63) is 12.7 Å². The molecule has 0 radical (unpaired) electrons. The van der Waals surface area contributed by atoms with Crippen molar-refractivity contribution in [3.8, 4) is 0 Å². The molecular formula is C20H42Cl3O2Rh. The van der Waals surface area contributed by atoms with Crippen molar-refractivity contribution in [1.29, 1.82) is 0 Å². The molecular weight excluding hydrogens is 481 g/mol. The van der Waals surface area contributed by atoms with Gasteiger partial charge in [-0.1, -0.05) is 83.6 Å². The van der Waals surface area contributed by atoms with Gasteiger partial charge in [-0.2, -0.15) is 0 Å². The van der Waals surface area contributed by atoms with Gasteiger partial charge in [-0.25, -0.2) is 0 Å². The number of allylic oxidation sites excluding steroid dienone is 1. The minimum atomic E-state index is -1.66. The van der Waals surface area contributed by atoms with Crippen molar-refractivity contribution in [2.24, 2.45) is 0 Å². The van der Waals surface area contributed by atoms with Crippen molar-refractivity contribution < 1.29 is 23.2 Å². The van der Waals surface area contributed by atoms with Crippen LogP contribution in [0.15, 0.2) is 12.7 Å². The van der Waals surface area contributed by atoms with Gasteiger partial charge < -0.3 is 10.2 Å². The van der Waals surface area contributed by atoms with Gasteiger partial charge in [-0.05, 0) is 25.7 Å². The molecule has 0 aromatic rings. The van der Waals surface area contributed by atoms with E-state index in [1.807, 2.05) is 6.08 Å². The molecule has 0 bridgehead atoms. The Balaban J connectivity index is -0.000000338. The fraction of sp³-hybridized carbons (Fsp3) is 0.900. The maximum atomic E-state index is 8.51. The Morgan fingerprint density at radius 3 is 1.27 bits per heavy atom. The van der Waals surface area contributed by atoms with E-state index in [0.29, 0.717) is 13.2 Å². The van der Waals surface area contributed by atoms with Gasteiger partial charge in [0.1, 0.15) is 0 Å². The molecule has 0 heterocycles. The minimum absolute atomic E-state index is 0.354. The summed E-state index contributed by atoms with van der Waals surface area (Å²) in [4.78, 5) is 0. The first-order valence-electron chi connectivity index (χ1n) is 10.0. The molecule has 0 fully saturated rings. The van der Waals surface area contributed by atoms with Crippen LogP contribution in [0.3, 0.4) is 0 Å². The van der Waals surface area contributed by atoms with Gasteiger partial charge in [0.2, 0.25) is 0 Å². The molecule has 0 aromatic carbocycles. The number of halogens is 3. The van der Waals surface area contributed by atoms with Crippen LogP contribution in [0.1, 0.15) is 103 Å². The first kappa shape index (κ1) is 31.8. The van der Waals surface area contributed by atoms with Gasteiger partial charge in [0.05, 0.1) is 0 Å². The van der Waals surface area contributed by atoms with Crippen LogP contribution >= 0.6 is 29.1 Å². The Morgan fingerprint density at radius 2 is 0.962 bits per heavy atom. The third-order valence-corrected chi connectivity index (χ3v) is 3.83. The number of rotatable bonds is 16. The Labute approximate surface area is 180 Å². The summed E-state index contributed by atoms with van der Waals surface area (Å²) in [7, 11) is 14.8. The van der Waals surface area contributed by atoms with Crippen LogP contribution in [0.4, 0.5) is 0 Å². The number of aliphatic hydroxyl groups is 2. The van der Waals surface area contributed by atoms with E-state index in [9.17, 15) is 0 Å². The molecule has 0 spiro atoms. The van der Waals surface area contributed by atoms with Crippen LogP contribution < -0.4 is 0 Å². The predicted octanol–water partition coefficient (Wildman–Crippen LogP) is 8.08. The SMILES string of the molecule is C=CCCCCCCCCO.CCCCCCCCCCO.[Cl][Rh]([Cl])[Cl]. The summed E-state index contributed by atoms with van der Waals surface area (Å²) in [6.07, 6.45) is 20.9. The molecule has 0 saturated carbocycles. The zero-order chi connectivity index (χ0) is 20.3. The van der Waals surface area contributed by atoms with Gasteiger partial charge in [-0.15, -0.1) is 6.58 Å². The first-order chi connectivity index (χ1) is 12.6. The molecule has 2 nitrogen and oxygen atoms in total. The van der Waals surface area contributed by atoms with E-state index in [1.54, 1.807) is 0 Å². The Morgan fingerprint density at radius 1 is 0.654 bits per heavy atom. The monoisotopic (exact) mass is 522 g/mol. The summed E-state index contributed by atoms with van der Waals surface area (Å²) in [6, 6.07) is 0. The van der Waals surface area contributed by atoms with E-state index in [-0.39, 0.29) is 0 Å². The van der Waals surface area contributed by atoms with Gasteiger partial charge in [-0.3, -0.25) is 0 Å². The van der Waals surface area contributed by atoms with Crippen molar-refractivity contribution in [2.75, 3.05) is 13.2 Å². The van der Waals surface area contributed by atoms with Gasteiger partial charge in [0.25, 0.3) is 0 Å². The zero-order valence-corrected chi connectivity index (χ0v) is 20.6. The summed E-state index contributed by atoms with van der Waals surface area (Å²) < 4.78 is 0. The maximum absolute atomic E-state index is 8.51. The van der Waals surface area contributed by atoms with Crippen LogP contribution in [0.2, 0.25) is 0 Å². The van der Waals surface area contributed by atoms with Crippen LogP contribution in [-0.4, -0.2) is 23.4 Å². The Kier molecular flexibility index (Phi) is 41.3. The Bertz CT molecular complexity index is 222. The van der Waals surface area contributed by atoms with Crippen LogP contribution in [0.5, 0.6) is 0 Å². The second kappa shape index (κ2) is 33.7. The third-order valence-electron chi connectivity index (χ3n) is 3.83. The molecule has 164 valence electrons. The molecule has 0 rings (SSSR count). The molecule has 0 amide bonds. The summed E-state index contributed by atoms with van der Waals surface area (Å²) in [5.74, 6) is 0. The summed E-state index contributed by atoms with van der Waals surface area (Å²) in [6.45, 7) is 6.64. The van der Waals surface area contributed by atoms with Gasteiger partial charge in [0, 0.05) is 13.2 Å². The molecule has 6 heteroatoms. The predicted molar refractivity (Wildman–Crippen MR) is 117 cm³/mol. The van der Waals surface area contributed by atoms with Crippen molar-refractivity contribution in [3.63, 3.8) is 0 Å². The molecule has 2 N–H and O–H groups in total. The second-order valence-corrected chi connectivity index (χ2v) is 13.7. The molecule has 0 aliphatic heterocycles. The normalized spacial score (nSPS) is 10.3.